The van der Waals surface area contributed by atoms with E-state index in [0.29, 0.717) is 0 Å². The summed E-state index contributed by atoms with van der Waals surface area (Å²) < 4.78 is 0. The van der Waals surface area contributed by atoms with Crippen LogP contribution in [0.3, 0.4) is 0 Å². The molecule has 0 bridgehead atoms. The van der Waals surface area contributed by atoms with Crippen molar-refractivity contribution in [1.82, 2.24) is 0 Å². The molecule has 2 heteroatoms. The van der Waals surface area contributed by atoms with E-state index in [-0.39, 0.29) is 0 Å². The zero-order valence-corrected chi connectivity index (χ0v) is 11.5. The van der Waals surface area contributed by atoms with E-state index in [9.17, 15) is 4.79 Å². The smallest absolute Gasteiger partial charge is 0.151 e. The predicted molar refractivity (Wildman–Crippen MR) is 83.2 cm³/mol. The minimum Gasteiger partial charge on any atom is -0.298 e. The van der Waals surface area contributed by atoms with Crippen LogP contribution in [0.25, 0.3) is 21.5 Å². The molecule has 3 aromatic carbocycles. The summed E-state index contributed by atoms with van der Waals surface area (Å²) in [5.74, 6) is 1.02. The van der Waals surface area contributed by atoms with E-state index in [2.05, 4.69) is 19.1 Å². The highest BCUT2D eigenvalue weighted by molar-refractivity contribution is 7.99. The lowest BCUT2D eigenvalue weighted by Crippen LogP contribution is -1.90. The molecule has 1 nitrogen and oxygen atoms in total. The normalized spacial score (nSPS) is 11.0. The number of carbonyl (C=O) groups excluding carboxylic acids is 1. The Bertz CT molecular complexity index is 705. The van der Waals surface area contributed by atoms with E-state index in [4.69, 9.17) is 0 Å². The van der Waals surface area contributed by atoms with Gasteiger partial charge in [-0.2, -0.15) is 0 Å². The molecule has 3 rings (SSSR count). The van der Waals surface area contributed by atoms with Crippen molar-refractivity contribution in [3.05, 3.63) is 54.1 Å². The van der Waals surface area contributed by atoms with Crippen molar-refractivity contribution >= 4 is 39.6 Å². The molecule has 0 fully saturated rings. The van der Waals surface area contributed by atoms with Gasteiger partial charge in [-0.1, -0.05) is 55.5 Å². The Morgan fingerprint density at radius 2 is 1.37 bits per heavy atom. The van der Waals surface area contributed by atoms with Crippen LogP contribution in [0.5, 0.6) is 0 Å². The lowest BCUT2D eigenvalue weighted by atomic mass is 9.97. The first-order valence-electron chi connectivity index (χ1n) is 6.38. The number of thioether (sulfide) groups is 1. The maximum atomic E-state index is 11.5. The first-order chi connectivity index (χ1) is 9.36. The number of benzene rings is 3. The van der Waals surface area contributed by atoms with Gasteiger partial charge in [0, 0.05) is 10.5 Å². The van der Waals surface area contributed by atoms with Gasteiger partial charge in [-0.05, 0) is 27.3 Å². The van der Waals surface area contributed by atoms with Gasteiger partial charge in [-0.15, -0.1) is 11.8 Å². The summed E-state index contributed by atoms with van der Waals surface area (Å²) >= 11 is 1.84. The molecule has 3 aromatic rings. The lowest BCUT2D eigenvalue weighted by Gasteiger charge is -2.12. The van der Waals surface area contributed by atoms with Gasteiger partial charge in [-0.25, -0.2) is 0 Å². The summed E-state index contributed by atoms with van der Waals surface area (Å²) in [6.45, 7) is 2.15. The molecule has 0 N–H and O–H groups in total. The summed E-state index contributed by atoms with van der Waals surface area (Å²) in [4.78, 5) is 12.8. The third kappa shape index (κ3) is 1.92. The SMILES string of the molecule is CCSc1c2ccccc2c(C=O)c2ccccc12. The van der Waals surface area contributed by atoms with Crippen molar-refractivity contribution in [2.45, 2.75) is 11.8 Å². The largest absolute Gasteiger partial charge is 0.298 e. The quantitative estimate of drug-likeness (QED) is 0.380. The minimum absolute atomic E-state index is 0.798. The summed E-state index contributed by atoms with van der Waals surface area (Å²) in [5, 5.41) is 4.45. The summed E-state index contributed by atoms with van der Waals surface area (Å²) in [5.41, 5.74) is 0.798. The van der Waals surface area contributed by atoms with Gasteiger partial charge in [0.25, 0.3) is 0 Å². The molecule has 94 valence electrons. The van der Waals surface area contributed by atoms with E-state index in [1.165, 1.54) is 15.7 Å². The first-order valence-corrected chi connectivity index (χ1v) is 7.36. The van der Waals surface area contributed by atoms with E-state index in [0.717, 1.165) is 28.4 Å². The van der Waals surface area contributed by atoms with Crippen LogP contribution in [0, 0.1) is 0 Å². The monoisotopic (exact) mass is 266 g/mol. The molecule has 0 unspecified atom stereocenters. The lowest BCUT2D eigenvalue weighted by molar-refractivity contribution is 0.112. The van der Waals surface area contributed by atoms with Crippen molar-refractivity contribution in [3.63, 3.8) is 0 Å². The molecule has 0 aliphatic carbocycles. The fraction of sp³-hybridized carbons (Fsp3) is 0.118. The maximum Gasteiger partial charge on any atom is 0.151 e. The summed E-state index contributed by atoms with van der Waals surface area (Å²) in [7, 11) is 0. The van der Waals surface area contributed by atoms with Crippen molar-refractivity contribution in [2.75, 3.05) is 5.75 Å². The molecular weight excluding hydrogens is 252 g/mol. The molecule has 0 aliphatic heterocycles. The number of hydrogen-bond acceptors (Lipinski definition) is 2. The van der Waals surface area contributed by atoms with Crippen LogP contribution in [-0.2, 0) is 0 Å². The Morgan fingerprint density at radius 1 is 0.895 bits per heavy atom. The molecule has 0 amide bonds. The molecule has 0 saturated carbocycles. The average molecular weight is 266 g/mol. The van der Waals surface area contributed by atoms with E-state index in [1.807, 2.05) is 48.2 Å². The summed E-state index contributed by atoms with van der Waals surface area (Å²) in [6.07, 6.45) is 0.977. The topological polar surface area (TPSA) is 17.1 Å². The summed E-state index contributed by atoms with van der Waals surface area (Å²) in [6, 6.07) is 16.3. The van der Waals surface area contributed by atoms with Crippen LogP contribution in [0.1, 0.15) is 17.3 Å². The van der Waals surface area contributed by atoms with Gasteiger partial charge >= 0.3 is 0 Å². The number of aldehydes is 1. The van der Waals surface area contributed by atoms with Crippen LogP contribution < -0.4 is 0 Å². The van der Waals surface area contributed by atoms with Gasteiger partial charge in [0.2, 0.25) is 0 Å². The molecule has 0 aromatic heterocycles. The molecule has 19 heavy (non-hydrogen) atoms. The van der Waals surface area contributed by atoms with E-state index >= 15 is 0 Å². The highest BCUT2D eigenvalue weighted by Crippen LogP contribution is 2.37. The fourth-order valence-electron chi connectivity index (χ4n) is 2.55. The third-order valence-corrected chi connectivity index (χ3v) is 4.35. The van der Waals surface area contributed by atoms with E-state index < -0.39 is 0 Å². The Morgan fingerprint density at radius 3 is 1.79 bits per heavy atom. The molecule has 0 atom stereocenters. The third-order valence-electron chi connectivity index (χ3n) is 3.33. The Labute approximate surface area is 116 Å². The Balaban J connectivity index is 2.57. The van der Waals surface area contributed by atoms with Gasteiger partial charge in [0.05, 0.1) is 0 Å². The number of carbonyl (C=O) groups is 1. The van der Waals surface area contributed by atoms with Gasteiger partial charge < -0.3 is 0 Å². The second kappa shape index (κ2) is 5.06. The number of hydrogen-bond donors (Lipinski definition) is 0. The average Bonchev–Trinajstić information content (AvgIpc) is 2.47. The second-order valence-electron chi connectivity index (χ2n) is 4.38. The zero-order valence-electron chi connectivity index (χ0n) is 10.7. The Hall–Kier alpha value is -1.80. The standard InChI is InChI=1S/C17H14OS/c1-2-19-17-14-9-5-3-7-12(14)16(11-18)13-8-4-6-10-15(13)17/h3-11H,2H2,1H3. The molecule has 0 heterocycles. The van der Waals surface area contributed by atoms with Crippen molar-refractivity contribution in [2.24, 2.45) is 0 Å². The molecule has 0 saturated heterocycles. The fourth-order valence-corrected chi connectivity index (χ4v) is 3.50. The van der Waals surface area contributed by atoms with Crippen molar-refractivity contribution in [1.29, 1.82) is 0 Å². The van der Waals surface area contributed by atoms with Crippen LogP contribution in [-0.4, -0.2) is 12.0 Å². The van der Waals surface area contributed by atoms with Gasteiger partial charge in [0.1, 0.15) is 0 Å². The van der Waals surface area contributed by atoms with Crippen molar-refractivity contribution in [3.8, 4) is 0 Å². The number of fused-ring (bicyclic) bond motifs is 2. The first kappa shape index (κ1) is 12.2. The van der Waals surface area contributed by atoms with Crippen molar-refractivity contribution < 1.29 is 4.79 Å². The molecular formula is C17H14OS. The second-order valence-corrected chi connectivity index (χ2v) is 5.66. The Kier molecular flexibility index (Phi) is 3.26. The molecule has 0 aliphatic rings. The maximum absolute atomic E-state index is 11.5. The zero-order chi connectivity index (χ0) is 13.2. The highest BCUT2D eigenvalue weighted by Gasteiger charge is 2.12. The van der Waals surface area contributed by atoms with Crippen LogP contribution >= 0.6 is 11.8 Å². The van der Waals surface area contributed by atoms with Gasteiger partial charge in [0.15, 0.2) is 6.29 Å². The number of rotatable bonds is 3. The van der Waals surface area contributed by atoms with Crippen LogP contribution in [0.2, 0.25) is 0 Å². The van der Waals surface area contributed by atoms with Crippen LogP contribution in [0.4, 0.5) is 0 Å². The minimum atomic E-state index is 0.798. The highest BCUT2D eigenvalue weighted by atomic mass is 32.2. The van der Waals surface area contributed by atoms with Crippen LogP contribution in [0.15, 0.2) is 53.4 Å². The van der Waals surface area contributed by atoms with E-state index in [1.54, 1.807) is 0 Å². The molecule has 0 radical (unpaired) electrons. The van der Waals surface area contributed by atoms with Gasteiger partial charge in [-0.3, -0.25) is 4.79 Å². The predicted octanol–water partition coefficient (Wildman–Crippen LogP) is 4.92. The molecule has 0 spiro atoms.